The minimum Gasteiger partial charge on any atom is -0.299 e. The van der Waals surface area contributed by atoms with Crippen molar-refractivity contribution in [2.45, 2.75) is 12.8 Å². The molecule has 0 aliphatic rings. The minimum absolute atomic E-state index is 0.154. The summed E-state index contributed by atoms with van der Waals surface area (Å²) < 4.78 is 1.61. The Morgan fingerprint density at radius 2 is 1.90 bits per heavy atom. The summed E-state index contributed by atoms with van der Waals surface area (Å²) in [5.74, 6) is 0.154. The second-order valence-electron chi connectivity index (χ2n) is 4.96. The molecule has 1 heterocycles. The average molecular weight is 265 g/mol. The van der Waals surface area contributed by atoms with Gasteiger partial charge in [-0.25, -0.2) is 0 Å². The lowest BCUT2D eigenvalue weighted by Crippen LogP contribution is -2.06. The molecule has 2 aromatic carbocycles. The van der Waals surface area contributed by atoms with Gasteiger partial charge in [-0.2, -0.15) is 0 Å². The van der Waals surface area contributed by atoms with Gasteiger partial charge < -0.3 is 0 Å². The van der Waals surface area contributed by atoms with Gasteiger partial charge in [0.25, 0.3) is 0 Å². The Hall–Kier alpha value is -2.49. The molecule has 100 valence electrons. The third kappa shape index (κ3) is 2.74. The van der Waals surface area contributed by atoms with Gasteiger partial charge in [0, 0.05) is 19.7 Å². The van der Waals surface area contributed by atoms with E-state index in [9.17, 15) is 4.79 Å². The summed E-state index contributed by atoms with van der Waals surface area (Å²) in [7, 11) is 1.80. The molecule has 0 unspecified atom stereocenters. The van der Waals surface area contributed by atoms with Crippen molar-refractivity contribution in [1.82, 2.24) is 15.0 Å². The second-order valence-corrected chi connectivity index (χ2v) is 4.96. The standard InChI is InChI=1S/C16H15N3O/c1-19-11-15(17-18-19)10-16(20)9-12-6-7-13-4-2-3-5-14(13)8-12/h2-8,11H,9-10H2,1H3. The predicted octanol–water partition coefficient (Wildman–Crippen LogP) is 2.32. The Morgan fingerprint density at radius 3 is 2.65 bits per heavy atom. The molecule has 3 rings (SSSR count). The molecule has 0 aliphatic heterocycles. The van der Waals surface area contributed by atoms with Gasteiger partial charge in [0.05, 0.1) is 12.1 Å². The number of aromatic nitrogens is 3. The van der Waals surface area contributed by atoms with Crippen LogP contribution in [0.4, 0.5) is 0 Å². The number of fused-ring (bicyclic) bond motifs is 1. The molecule has 4 nitrogen and oxygen atoms in total. The summed E-state index contributed by atoms with van der Waals surface area (Å²) in [5.41, 5.74) is 1.76. The molecule has 0 saturated carbocycles. The molecule has 20 heavy (non-hydrogen) atoms. The Labute approximate surface area is 117 Å². The largest absolute Gasteiger partial charge is 0.299 e. The Kier molecular flexibility index (Phi) is 3.29. The molecular formula is C16H15N3O. The molecule has 0 amide bonds. The van der Waals surface area contributed by atoms with E-state index in [4.69, 9.17) is 0 Å². The fourth-order valence-corrected chi connectivity index (χ4v) is 2.32. The maximum atomic E-state index is 12.1. The number of hydrogen-bond acceptors (Lipinski definition) is 3. The highest BCUT2D eigenvalue weighted by Crippen LogP contribution is 2.16. The summed E-state index contributed by atoms with van der Waals surface area (Å²) >= 11 is 0. The minimum atomic E-state index is 0.154. The molecule has 0 radical (unpaired) electrons. The van der Waals surface area contributed by atoms with E-state index in [2.05, 4.69) is 34.6 Å². The number of carbonyl (C=O) groups excluding carboxylic acids is 1. The van der Waals surface area contributed by atoms with Crippen LogP contribution in [0.5, 0.6) is 0 Å². The van der Waals surface area contributed by atoms with Crippen LogP contribution in [0.15, 0.2) is 48.7 Å². The van der Waals surface area contributed by atoms with Crippen molar-refractivity contribution in [2.75, 3.05) is 0 Å². The molecular weight excluding hydrogens is 250 g/mol. The number of carbonyl (C=O) groups is 1. The van der Waals surface area contributed by atoms with E-state index >= 15 is 0 Å². The summed E-state index contributed by atoms with van der Waals surface area (Å²) in [6, 6.07) is 14.3. The molecule has 0 fully saturated rings. The normalized spacial score (nSPS) is 10.8. The first kappa shape index (κ1) is 12.5. The van der Waals surface area contributed by atoms with E-state index < -0.39 is 0 Å². The van der Waals surface area contributed by atoms with Crippen molar-refractivity contribution in [3.05, 3.63) is 59.9 Å². The Morgan fingerprint density at radius 1 is 1.10 bits per heavy atom. The summed E-state index contributed by atoms with van der Waals surface area (Å²) in [4.78, 5) is 12.1. The van der Waals surface area contributed by atoms with Gasteiger partial charge >= 0.3 is 0 Å². The van der Waals surface area contributed by atoms with Crippen molar-refractivity contribution >= 4 is 16.6 Å². The SMILES string of the molecule is Cn1cc(CC(=O)Cc2ccc3ccccc3c2)nn1. The first-order valence-electron chi connectivity index (χ1n) is 6.55. The van der Waals surface area contributed by atoms with Gasteiger partial charge in [0.15, 0.2) is 0 Å². The van der Waals surface area contributed by atoms with Gasteiger partial charge in [-0.3, -0.25) is 9.48 Å². The van der Waals surface area contributed by atoms with Gasteiger partial charge in [0.2, 0.25) is 0 Å². The smallest absolute Gasteiger partial charge is 0.143 e. The number of hydrogen-bond donors (Lipinski definition) is 0. The zero-order chi connectivity index (χ0) is 13.9. The predicted molar refractivity (Wildman–Crippen MR) is 77.4 cm³/mol. The van der Waals surface area contributed by atoms with Gasteiger partial charge in [-0.1, -0.05) is 47.7 Å². The maximum Gasteiger partial charge on any atom is 0.143 e. The van der Waals surface area contributed by atoms with Crippen LogP contribution >= 0.6 is 0 Å². The topological polar surface area (TPSA) is 47.8 Å². The van der Waals surface area contributed by atoms with Crippen LogP contribution in [0.3, 0.4) is 0 Å². The molecule has 0 atom stereocenters. The lowest BCUT2D eigenvalue weighted by molar-refractivity contribution is -0.117. The van der Waals surface area contributed by atoms with Crippen LogP contribution in [0.25, 0.3) is 10.8 Å². The van der Waals surface area contributed by atoms with E-state index in [0.29, 0.717) is 12.8 Å². The summed E-state index contributed by atoms with van der Waals surface area (Å²) in [6.07, 6.45) is 2.54. The maximum absolute atomic E-state index is 12.1. The zero-order valence-corrected chi connectivity index (χ0v) is 11.3. The number of Topliss-reactive ketones (excluding diaryl/α,β-unsaturated/α-hetero) is 1. The van der Waals surface area contributed by atoms with Crippen LogP contribution in [0, 0.1) is 0 Å². The number of nitrogens with zero attached hydrogens (tertiary/aromatic N) is 3. The molecule has 1 aromatic heterocycles. The van der Waals surface area contributed by atoms with E-state index in [-0.39, 0.29) is 5.78 Å². The molecule has 0 N–H and O–H groups in total. The van der Waals surface area contributed by atoms with Crippen molar-refractivity contribution < 1.29 is 4.79 Å². The van der Waals surface area contributed by atoms with Crippen LogP contribution in [0.1, 0.15) is 11.3 Å². The molecule has 3 aromatic rings. The fourth-order valence-electron chi connectivity index (χ4n) is 2.32. The van der Waals surface area contributed by atoms with Gasteiger partial charge in [-0.15, -0.1) is 5.10 Å². The molecule has 0 bridgehead atoms. The lowest BCUT2D eigenvalue weighted by atomic mass is 10.0. The monoisotopic (exact) mass is 265 g/mol. The highest BCUT2D eigenvalue weighted by atomic mass is 16.1. The van der Waals surface area contributed by atoms with Crippen LogP contribution in [-0.4, -0.2) is 20.8 Å². The summed E-state index contributed by atoms with van der Waals surface area (Å²) in [5, 5.41) is 10.1. The lowest BCUT2D eigenvalue weighted by Gasteiger charge is -2.02. The fraction of sp³-hybridized carbons (Fsp3) is 0.188. The zero-order valence-electron chi connectivity index (χ0n) is 11.3. The van der Waals surface area contributed by atoms with Crippen molar-refractivity contribution in [2.24, 2.45) is 7.05 Å². The highest BCUT2D eigenvalue weighted by Gasteiger charge is 2.08. The van der Waals surface area contributed by atoms with Crippen LogP contribution < -0.4 is 0 Å². The van der Waals surface area contributed by atoms with Crippen molar-refractivity contribution in [3.63, 3.8) is 0 Å². The molecule has 0 spiro atoms. The average Bonchev–Trinajstić information content (AvgIpc) is 2.83. The Balaban J connectivity index is 1.73. The number of ketones is 1. The second kappa shape index (κ2) is 5.25. The van der Waals surface area contributed by atoms with Crippen molar-refractivity contribution in [3.8, 4) is 0 Å². The number of aryl methyl sites for hydroxylation is 1. The quantitative estimate of drug-likeness (QED) is 0.727. The number of rotatable bonds is 4. The molecule has 4 heteroatoms. The first-order valence-corrected chi connectivity index (χ1v) is 6.55. The Bertz CT molecular complexity index is 761. The number of benzene rings is 2. The third-order valence-electron chi connectivity index (χ3n) is 3.24. The van der Waals surface area contributed by atoms with Crippen molar-refractivity contribution in [1.29, 1.82) is 0 Å². The van der Waals surface area contributed by atoms with E-state index in [0.717, 1.165) is 16.6 Å². The summed E-state index contributed by atoms with van der Waals surface area (Å²) in [6.45, 7) is 0. The molecule has 0 saturated heterocycles. The van der Waals surface area contributed by atoms with Crippen LogP contribution in [0.2, 0.25) is 0 Å². The third-order valence-corrected chi connectivity index (χ3v) is 3.24. The van der Waals surface area contributed by atoms with E-state index in [1.54, 1.807) is 17.9 Å². The van der Waals surface area contributed by atoms with E-state index in [1.807, 2.05) is 18.2 Å². The van der Waals surface area contributed by atoms with Crippen LogP contribution in [-0.2, 0) is 24.7 Å². The molecule has 0 aliphatic carbocycles. The van der Waals surface area contributed by atoms with Gasteiger partial charge in [-0.05, 0) is 16.3 Å². The highest BCUT2D eigenvalue weighted by molar-refractivity contribution is 5.86. The van der Waals surface area contributed by atoms with E-state index in [1.165, 1.54) is 5.39 Å². The van der Waals surface area contributed by atoms with Gasteiger partial charge in [0.1, 0.15) is 5.78 Å². The first-order chi connectivity index (χ1) is 9.70.